The first kappa shape index (κ1) is 6.34. The molecule has 40 valence electrons. The third-order valence-electron chi connectivity index (χ3n) is 0.891. The SMILES string of the molecule is CC(C)=C(C)N=N. The van der Waals surface area contributed by atoms with Gasteiger partial charge in [-0.25, -0.2) is 5.53 Å². The molecular weight excluding hydrogens is 88.1 g/mol. The number of allylic oxidation sites excluding steroid dienone is 2. The van der Waals surface area contributed by atoms with E-state index in [1.807, 2.05) is 20.8 Å². The second-order valence-corrected chi connectivity index (χ2v) is 1.70. The summed E-state index contributed by atoms with van der Waals surface area (Å²) in [5, 5.41) is 3.22. The van der Waals surface area contributed by atoms with E-state index in [4.69, 9.17) is 5.53 Å². The van der Waals surface area contributed by atoms with Crippen LogP contribution in [0.4, 0.5) is 0 Å². The Labute approximate surface area is 43.7 Å². The molecule has 0 aromatic carbocycles. The molecule has 1 N–H and O–H groups in total. The minimum Gasteiger partial charge on any atom is -0.205 e. The van der Waals surface area contributed by atoms with Crippen molar-refractivity contribution in [3.8, 4) is 0 Å². The summed E-state index contributed by atoms with van der Waals surface area (Å²) >= 11 is 0. The molecule has 0 amide bonds. The Morgan fingerprint density at radius 2 is 1.71 bits per heavy atom. The van der Waals surface area contributed by atoms with Crippen LogP contribution < -0.4 is 0 Å². The molecule has 0 heterocycles. The third kappa shape index (κ3) is 2.09. The summed E-state index contributed by atoms with van der Waals surface area (Å²) in [5.41, 5.74) is 8.42. The first-order valence-corrected chi connectivity index (χ1v) is 2.20. The normalized spacial score (nSPS) is 7.86. The Morgan fingerprint density at radius 1 is 1.29 bits per heavy atom. The molecule has 0 spiro atoms. The minimum absolute atomic E-state index is 0.806. The fourth-order valence-corrected chi connectivity index (χ4v) is 0.112. The van der Waals surface area contributed by atoms with Crippen molar-refractivity contribution in [3.05, 3.63) is 11.3 Å². The van der Waals surface area contributed by atoms with E-state index in [1.165, 1.54) is 0 Å². The van der Waals surface area contributed by atoms with E-state index in [-0.39, 0.29) is 0 Å². The van der Waals surface area contributed by atoms with Gasteiger partial charge in [0, 0.05) is 0 Å². The van der Waals surface area contributed by atoms with Gasteiger partial charge in [0.15, 0.2) is 0 Å². The monoisotopic (exact) mass is 98.1 g/mol. The Hall–Kier alpha value is -0.660. The fourth-order valence-electron chi connectivity index (χ4n) is 0.112. The first-order chi connectivity index (χ1) is 3.18. The van der Waals surface area contributed by atoms with Crippen LogP contribution in [0.25, 0.3) is 0 Å². The van der Waals surface area contributed by atoms with E-state index < -0.39 is 0 Å². The van der Waals surface area contributed by atoms with Crippen LogP contribution in [0, 0.1) is 5.53 Å². The highest BCUT2D eigenvalue weighted by Crippen LogP contribution is 2.00. The van der Waals surface area contributed by atoms with Gasteiger partial charge in [-0.2, -0.15) is 5.11 Å². The van der Waals surface area contributed by atoms with Crippen LogP contribution in [-0.2, 0) is 0 Å². The molecule has 7 heavy (non-hydrogen) atoms. The van der Waals surface area contributed by atoms with Crippen molar-refractivity contribution in [2.24, 2.45) is 5.11 Å². The molecule has 0 aromatic heterocycles. The van der Waals surface area contributed by atoms with Gasteiger partial charge in [-0.1, -0.05) is 5.57 Å². The van der Waals surface area contributed by atoms with Crippen molar-refractivity contribution in [1.29, 1.82) is 5.53 Å². The summed E-state index contributed by atoms with van der Waals surface area (Å²) in [6.45, 7) is 5.70. The van der Waals surface area contributed by atoms with Crippen molar-refractivity contribution in [1.82, 2.24) is 0 Å². The van der Waals surface area contributed by atoms with Gasteiger partial charge in [-0.15, -0.1) is 0 Å². The van der Waals surface area contributed by atoms with Gasteiger partial charge in [0.05, 0.1) is 5.70 Å². The molecule has 0 aliphatic carbocycles. The molecule has 0 saturated carbocycles. The molecular formula is C5H10N2. The summed E-state index contributed by atoms with van der Waals surface area (Å²) in [6, 6.07) is 0. The van der Waals surface area contributed by atoms with E-state index in [0.29, 0.717) is 0 Å². The maximum atomic E-state index is 6.51. The molecule has 2 heteroatoms. The predicted octanol–water partition coefficient (Wildman–Crippen LogP) is 2.33. The smallest absolute Gasteiger partial charge is 0.0579 e. The van der Waals surface area contributed by atoms with Crippen molar-refractivity contribution in [2.45, 2.75) is 20.8 Å². The standard InChI is InChI=1S/C5H10N2/c1-4(2)5(3)7-6/h6H,1-3H3. The maximum absolute atomic E-state index is 6.51. The zero-order valence-corrected chi connectivity index (χ0v) is 4.95. The molecule has 2 nitrogen and oxygen atoms in total. The lowest BCUT2D eigenvalue weighted by Gasteiger charge is -1.87. The van der Waals surface area contributed by atoms with Crippen LogP contribution in [0.5, 0.6) is 0 Å². The molecule has 0 atom stereocenters. The number of hydrogen-bond donors (Lipinski definition) is 1. The average molecular weight is 98.1 g/mol. The van der Waals surface area contributed by atoms with Gasteiger partial charge in [0.25, 0.3) is 0 Å². The molecule has 0 unspecified atom stereocenters. The number of nitrogens with one attached hydrogen (secondary N) is 1. The molecule has 0 aliphatic rings. The van der Waals surface area contributed by atoms with E-state index in [9.17, 15) is 0 Å². The van der Waals surface area contributed by atoms with Crippen LogP contribution in [0.2, 0.25) is 0 Å². The molecule has 0 radical (unpaired) electrons. The van der Waals surface area contributed by atoms with E-state index in [1.54, 1.807) is 0 Å². The van der Waals surface area contributed by atoms with Gasteiger partial charge < -0.3 is 0 Å². The lowest BCUT2D eigenvalue weighted by molar-refractivity contribution is 1.02. The van der Waals surface area contributed by atoms with Gasteiger partial charge in [-0.05, 0) is 20.8 Å². The van der Waals surface area contributed by atoms with Crippen molar-refractivity contribution < 1.29 is 0 Å². The van der Waals surface area contributed by atoms with Crippen LogP contribution in [-0.4, -0.2) is 0 Å². The largest absolute Gasteiger partial charge is 0.205 e. The van der Waals surface area contributed by atoms with Crippen molar-refractivity contribution in [2.75, 3.05) is 0 Å². The Balaban J connectivity index is 3.98. The second-order valence-electron chi connectivity index (χ2n) is 1.70. The molecule has 0 aliphatic heterocycles. The van der Waals surface area contributed by atoms with Gasteiger partial charge >= 0.3 is 0 Å². The fraction of sp³-hybridized carbons (Fsp3) is 0.600. The van der Waals surface area contributed by atoms with Crippen LogP contribution >= 0.6 is 0 Å². The van der Waals surface area contributed by atoms with Gasteiger partial charge in [0.1, 0.15) is 0 Å². The number of nitrogens with zero attached hydrogens (tertiary/aromatic N) is 1. The first-order valence-electron chi connectivity index (χ1n) is 2.20. The molecule has 0 rings (SSSR count). The Morgan fingerprint density at radius 3 is 1.71 bits per heavy atom. The van der Waals surface area contributed by atoms with Gasteiger partial charge in [0.2, 0.25) is 0 Å². The van der Waals surface area contributed by atoms with E-state index in [2.05, 4.69) is 5.11 Å². The van der Waals surface area contributed by atoms with Crippen molar-refractivity contribution >= 4 is 0 Å². The highest BCUT2D eigenvalue weighted by molar-refractivity contribution is 5.02. The van der Waals surface area contributed by atoms with E-state index >= 15 is 0 Å². The average Bonchev–Trinajstić information content (AvgIpc) is 1.65. The van der Waals surface area contributed by atoms with Gasteiger partial charge in [-0.3, -0.25) is 0 Å². The zero-order valence-electron chi connectivity index (χ0n) is 4.95. The summed E-state index contributed by atoms with van der Waals surface area (Å²) in [5.74, 6) is 0. The lowest BCUT2D eigenvalue weighted by atomic mass is 10.3. The topological polar surface area (TPSA) is 36.2 Å². The number of rotatable bonds is 1. The molecule has 0 fully saturated rings. The van der Waals surface area contributed by atoms with Crippen molar-refractivity contribution in [3.63, 3.8) is 0 Å². The maximum Gasteiger partial charge on any atom is 0.0579 e. The summed E-state index contributed by atoms with van der Waals surface area (Å²) in [7, 11) is 0. The summed E-state index contributed by atoms with van der Waals surface area (Å²) < 4.78 is 0. The minimum atomic E-state index is 0.806. The zero-order chi connectivity index (χ0) is 5.86. The lowest BCUT2D eigenvalue weighted by Crippen LogP contribution is -1.69. The quantitative estimate of drug-likeness (QED) is 0.489. The van der Waals surface area contributed by atoms with Crippen LogP contribution in [0.3, 0.4) is 0 Å². The molecule has 0 saturated heterocycles. The van der Waals surface area contributed by atoms with Crippen LogP contribution in [0.1, 0.15) is 20.8 Å². The highest BCUT2D eigenvalue weighted by Gasteiger charge is 1.82. The molecule has 0 aromatic rings. The highest BCUT2D eigenvalue weighted by atomic mass is 15.0. The van der Waals surface area contributed by atoms with E-state index in [0.717, 1.165) is 11.3 Å². The summed E-state index contributed by atoms with van der Waals surface area (Å²) in [6.07, 6.45) is 0. The predicted molar refractivity (Wildman–Crippen MR) is 29.2 cm³/mol. The second kappa shape index (κ2) is 2.50. The summed E-state index contributed by atoms with van der Waals surface area (Å²) in [4.78, 5) is 0. The van der Waals surface area contributed by atoms with Crippen LogP contribution in [0.15, 0.2) is 16.4 Å². The Kier molecular flexibility index (Phi) is 2.27. The molecule has 0 bridgehead atoms. The Bertz CT molecular complexity index is 98.6. The third-order valence-corrected chi connectivity index (χ3v) is 0.891. The number of hydrogen-bond acceptors (Lipinski definition) is 2.